The fraction of sp³-hybridized carbons (Fsp3) is 0.467. The highest BCUT2D eigenvalue weighted by Gasteiger charge is 2.35. The van der Waals surface area contributed by atoms with Gasteiger partial charge in [0.2, 0.25) is 0 Å². The van der Waals surface area contributed by atoms with Gasteiger partial charge in [0.1, 0.15) is 5.75 Å². The predicted octanol–water partition coefficient (Wildman–Crippen LogP) is 2.03. The number of aliphatic carboxylic acids is 1. The van der Waals surface area contributed by atoms with Crippen LogP contribution in [0.4, 0.5) is 0 Å². The van der Waals surface area contributed by atoms with Crippen molar-refractivity contribution >= 4 is 11.9 Å². The molecule has 0 spiro atoms. The summed E-state index contributed by atoms with van der Waals surface area (Å²) in [5.41, 5.74) is 1.11. The number of carbonyl (C=O) groups is 2. The largest absolute Gasteiger partial charge is 0.507 e. The first kappa shape index (κ1) is 14.4. The number of rotatable bonds is 5. The minimum absolute atomic E-state index is 0.0522. The lowest BCUT2D eigenvalue weighted by Gasteiger charge is -2.24. The van der Waals surface area contributed by atoms with Crippen LogP contribution >= 0.6 is 0 Å². The summed E-state index contributed by atoms with van der Waals surface area (Å²) in [7, 11) is 0. The van der Waals surface area contributed by atoms with Crippen LogP contribution in [-0.2, 0) is 4.79 Å². The van der Waals surface area contributed by atoms with Crippen molar-refractivity contribution < 1.29 is 19.8 Å². The molecule has 5 heteroatoms. The van der Waals surface area contributed by atoms with Crippen molar-refractivity contribution in [1.82, 2.24) is 4.90 Å². The van der Waals surface area contributed by atoms with E-state index in [1.165, 1.54) is 0 Å². The SMILES string of the molecule is Cc1ccc(C(=O)N(CC(C)C(=O)O)C2CC2)c(O)c1. The number of carboxylic acid groups (broad SMARTS) is 1. The van der Waals surface area contributed by atoms with Crippen molar-refractivity contribution in [3.05, 3.63) is 29.3 Å². The van der Waals surface area contributed by atoms with Crippen LogP contribution in [0.15, 0.2) is 18.2 Å². The number of carbonyl (C=O) groups excluding carboxylic acids is 1. The van der Waals surface area contributed by atoms with E-state index in [-0.39, 0.29) is 29.8 Å². The van der Waals surface area contributed by atoms with E-state index < -0.39 is 11.9 Å². The molecule has 2 N–H and O–H groups in total. The molecule has 0 aliphatic heterocycles. The van der Waals surface area contributed by atoms with Gasteiger partial charge in [0, 0.05) is 12.6 Å². The average molecular weight is 277 g/mol. The number of carboxylic acids is 1. The zero-order valence-corrected chi connectivity index (χ0v) is 11.7. The van der Waals surface area contributed by atoms with Gasteiger partial charge in [0.05, 0.1) is 11.5 Å². The van der Waals surface area contributed by atoms with Crippen molar-refractivity contribution in [2.45, 2.75) is 32.7 Å². The second-order valence-electron chi connectivity index (χ2n) is 5.45. The van der Waals surface area contributed by atoms with Crippen LogP contribution in [-0.4, -0.2) is 39.6 Å². The number of hydrogen-bond acceptors (Lipinski definition) is 3. The van der Waals surface area contributed by atoms with E-state index in [1.807, 2.05) is 6.92 Å². The van der Waals surface area contributed by atoms with Gasteiger partial charge in [-0.1, -0.05) is 13.0 Å². The standard InChI is InChI=1S/C15H19NO4/c1-9-3-6-12(13(17)7-9)14(18)16(11-4-5-11)8-10(2)15(19)20/h3,6-7,10-11,17H,4-5,8H2,1-2H3,(H,19,20). The second kappa shape index (κ2) is 5.53. The van der Waals surface area contributed by atoms with E-state index in [9.17, 15) is 14.7 Å². The molecule has 20 heavy (non-hydrogen) atoms. The van der Waals surface area contributed by atoms with Crippen LogP contribution in [0.2, 0.25) is 0 Å². The molecule has 1 saturated carbocycles. The molecule has 1 aliphatic carbocycles. The Hall–Kier alpha value is -2.04. The van der Waals surface area contributed by atoms with Crippen LogP contribution in [0.3, 0.4) is 0 Å². The third kappa shape index (κ3) is 3.10. The Kier molecular flexibility index (Phi) is 3.97. The van der Waals surface area contributed by atoms with Gasteiger partial charge in [-0.15, -0.1) is 0 Å². The van der Waals surface area contributed by atoms with E-state index in [2.05, 4.69) is 0 Å². The van der Waals surface area contributed by atoms with Gasteiger partial charge in [-0.25, -0.2) is 0 Å². The van der Waals surface area contributed by atoms with Crippen LogP contribution in [0.25, 0.3) is 0 Å². The van der Waals surface area contributed by atoms with E-state index in [0.717, 1.165) is 18.4 Å². The molecule has 0 heterocycles. The zero-order chi connectivity index (χ0) is 14.9. The molecule has 0 aromatic heterocycles. The molecule has 0 bridgehead atoms. The first-order valence-corrected chi connectivity index (χ1v) is 6.73. The molecule has 1 atom stereocenters. The molecule has 2 rings (SSSR count). The normalized spacial score (nSPS) is 15.7. The number of benzene rings is 1. The molecular formula is C15H19NO4. The maximum atomic E-state index is 12.5. The highest BCUT2D eigenvalue weighted by Crippen LogP contribution is 2.31. The number of nitrogens with zero attached hydrogens (tertiary/aromatic N) is 1. The number of amides is 1. The number of phenolic OH excluding ortho intramolecular Hbond substituents is 1. The van der Waals surface area contributed by atoms with Crippen LogP contribution in [0, 0.1) is 12.8 Å². The van der Waals surface area contributed by atoms with Crippen LogP contribution in [0.5, 0.6) is 5.75 Å². The number of hydrogen-bond donors (Lipinski definition) is 2. The van der Waals surface area contributed by atoms with Gasteiger partial charge in [-0.05, 0) is 37.5 Å². The first-order valence-electron chi connectivity index (χ1n) is 6.73. The third-order valence-corrected chi connectivity index (χ3v) is 3.52. The molecule has 1 aliphatic rings. The summed E-state index contributed by atoms with van der Waals surface area (Å²) in [6.45, 7) is 3.59. The smallest absolute Gasteiger partial charge is 0.308 e. The Balaban J connectivity index is 2.20. The molecule has 0 saturated heterocycles. The fourth-order valence-corrected chi connectivity index (χ4v) is 2.13. The summed E-state index contributed by atoms with van der Waals surface area (Å²) in [6, 6.07) is 5.00. The van der Waals surface area contributed by atoms with E-state index in [4.69, 9.17) is 5.11 Å². The van der Waals surface area contributed by atoms with Crippen LogP contribution < -0.4 is 0 Å². The van der Waals surface area contributed by atoms with Gasteiger partial charge >= 0.3 is 5.97 Å². The van der Waals surface area contributed by atoms with Gasteiger partial charge in [-0.2, -0.15) is 0 Å². The molecule has 1 unspecified atom stereocenters. The second-order valence-corrected chi connectivity index (χ2v) is 5.45. The van der Waals surface area contributed by atoms with Crippen molar-refractivity contribution in [1.29, 1.82) is 0 Å². The minimum Gasteiger partial charge on any atom is -0.507 e. The Morgan fingerprint density at radius 1 is 1.40 bits per heavy atom. The summed E-state index contributed by atoms with van der Waals surface area (Å²) in [5, 5.41) is 18.9. The van der Waals surface area contributed by atoms with Crippen molar-refractivity contribution in [2.75, 3.05) is 6.54 Å². The lowest BCUT2D eigenvalue weighted by molar-refractivity contribution is -0.141. The molecule has 0 radical (unpaired) electrons. The van der Waals surface area contributed by atoms with Gasteiger partial charge < -0.3 is 15.1 Å². The molecule has 1 aromatic carbocycles. The van der Waals surface area contributed by atoms with Crippen molar-refractivity contribution in [3.8, 4) is 5.75 Å². The predicted molar refractivity (Wildman–Crippen MR) is 73.7 cm³/mol. The third-order valence-electron chi connectivity index (χ3n) is 3.52. The summed E-state index contributed by atoms with van der Waals surface area (Å²) in [5.74, 6) is -1.88. The van der Waals surface area contributed by atoms with Crippen molar-refractivity contribution in [3.63, 3.8) is 0 Å². The highest BCUT2D eigenvalue weighted by atomic mass is 16.4. The Morgan fingerprint density at radius 3 is 2.55 bits per heavy atom. The summed E-state index contributed by atoms with van der Waals surface area (Å²) < 4.78 is 0. The molecule has 1 amide bonds. The van der Waals surface area contributed by atoms with Gasteiger partial charge in [-0.3, -0.25) is 9.59 Å². The van der Waals surface area contributed by atoms with E-state index in [1.54, 1.807) is 30.0 Å². The summed E-state index contributed by atoms with van der Waals surface area (Å²) in [6.07, 6.45) is 1.79. The fourth-order valence-electron chi connectivity index (χ4n) is 2.13. The maximum Gasteiger partial charge on any atom is 0.308 e. The average Bonchev–Trinajstić information content (AvgIpc) is 3.19. The highest BCUT2D eigenvalue weighted by molar-refractivity contribution is 5.97. The van der Waals surface area contributed by atoms with Crippen molar-refractivity contribution in [2.24, 2.45) is 5.92 Å². The lowest BCUT2D eigenvalue weighted by atomic mass is 10.1. The Bertz CT molecular complexity index is 537. The number of phenols is 1. The topological polar surface area (TPSA) is 77.8 Å². The summed E-state index contributed by atoms with van der Waals surface area (Å²) in [4.78, 5) is 25.0. The number of aromatic hydroxyl groups is 1. The molecular weight excluding hydrogens is 258 g/mol. The number of aryl methyl sites for hydroxylation is 1. The zero-order valence-electron chi connectivity index (χ0n) is 11.7. The van der Waals surface area contributed by atoms with Gasteiger partial charge in [0.25, 0.3) is 5.91 Å². The van der Waals surface area contributed by atoms with E-state index >= 15 is 0 Å². The first-order chi connectivity index (χ1) is 9.40. The molecule has 5 nitrogen and oxygen atoms in total. The lowest BCUT2D eigenvalue weighted by Crippen LogP contribution is -2.38. The molecule has 108 valence electrons. The quantitative estimate of drug-likeness (QED) is 0.863. The summed E-state index contributed by atoms with van der Waals surface area (Å²) >= 11 is 0. The Morgan fingerprint density at radius 2 is 2.05 bits per heavy atom. The Labute approximate surface area is 117 Å². The molecule has 1 aromatic rings. The molecule has 1 fully saturated rings. The minimum atomic E-state index is -0.920. The van der Waals surface area contributed by atoms with Crippen LogP contribution in [0.1, 0.15) is 35.7 Å². The maximum absolute atomic E-state index is 12.5. The monoisotopic (exact) mass is 277 g/mol. The van der Waals surface area contributed by atoms with E-state index in [0.29, 0.717) is 0 Å². The van der Waals surface area contributed by atoms with Gasteiger partial charge in [0.15, 0.2) is 0 Å².